The van der Waals surface area contributed by atoms with Crippen LogP contribution in [0.25, 0.3) is 0 Å². The molecule has 1 aromatic heterocycles. The smallest absolute Gasteiger partial charge is 0.385 e. The van der Waals surface area contributed by atoms with Crippen LogP contribution < -0.4 is 10.6 Å². The molecule has 2 aliphatic rings. The van der Waals surface area contributed by atoms with Crippen LogP contribution in [0.15, 0.2) is 33.9 Å². The second kappa shape index (κ2) is 11.3. The average molecular weight is 661 g/mol. The third kappa shape index (κ3) is 7.00. The second-order valence-electron chi connectivity index (χ2n) is 12.5. The van der Waals surface area contributed by atoms with Gasteiger partial charge in [0.1, 0.15) is 32.8 Å². The van der Waals surface area contributed by atoms with Crippen molar-refractivity contribution in [2.45, 2.75) is 68.6 Å². The summed E-state index contributed by atoms with van der Waals surface area (Å²) in [7, 11) is -2.94. The first-order valence-corrected chi connectivity index (χ1v) is 21.7. The molecule has 1 aliphatic heterocycles. The third-order valence-corrected chi connectivity index (χ3v) is 12.3. The number of nitrogens with one attached hydrogen (secondary N) is 1. The molecular formula is C25H36BrF2N5O3SSi2. The molecule has 2 heterocycles. The number of fused-ring (bicyclic) bond motifs is 1. The van der Waals surface area contributed by atoms with Crippen molar-refractivity contribution in [2.24, 2.45) is 10.9 Å². The van der Waals surface area contributed by atoms with Gasteiger partial charge in [-0.05, 0) is 30.7 Å². The van der Waals surface area contributed by atoms with Crippen LogP contribution in [-0.4, -0.2) is 67.2 Å². The van der Waals surface area contributed by atoms with Gasteiger partial charge in [-0.15, -0.1) is 5.10 Å². The fraction of sp³-hybridized carbons (Fsp3) is 0.600. The van der Waals surface area contributed by atoms with Gasteiger partial charge in [-0.3, -0.25) is 10.00 Å². The van der Waals surface area contributed by atoms with E-state index in [1.807, 2.05) is 6.20 Å². The molecule has 0 bridgehead atoms. The zero-order valence-electron chi connectivity index (χ0n) is 23.2. The summed E-state index contributed by atoms with van der Waals surface area (Å²) >= 11 is 4.65. The minimum absolute atomic E-state index is 0.00842. The molecule has 1 N–H and O–H groups in total. The number of thioether (sulfide) groups is 1. The summed E-state index contributed by atoms with van der Waals surface area (Å²) in [5.41, 5.74) is -1.41. The Labute approximate surface area is 242 Å². The summed E-state index contributed by atoms with van der Waals surface area (Å²) in [6.07, 6.45) is 1.73. The highest BCUT2D eigenvalue weighted by atomic mass is 79.9. The lowest BCUT2D eigenvalue weighted by Crippen LogP contribution is -2.41. The quantitative estimate of drug-likeness (QED) is 0.206. The molecule has 0 unspecified atom stereocenters. The first kappa shape index (κ1) is 30.3. The van der Waals surface area contributed by atoms with Crippen LogP contribution >= 0.6 is 27.7 Å². The number of carbonyl (C=O) groups excluding carboxylic acids is 1. The number of rotatable bonds is 10. The molecule has 1 aliphatic carbocycles. The van der Waals surface area contributed by atoms with Gasteiger partial charge in [0.15, 0.2) is 0 Å². The molecule has 14 heteroatoms. The standard InChI is InChI=1S/C25H36BrF2N5O3SSi2/c1-38(2,3)10-9-35-16-29-22(34)36-23-30-25(14-27,18-11-17(26)7-8-19(18)28)20-12-24(20,37-23)15-33-13-21(31-32-33)39(4,5)6/h7-8,11,13,20H,9-10,12,14-16H2,1-6H3,(H,29,34)/t20-,24-,25-/m1/s1. The van der Waals surface area contributed by atoms with Gasteiger partial charge in [0, 0.05) is 36.8 Å². The number of hydrogen-bond acceptors (Lipinski definition) is 7. The van der Waals surface area contributed by atoms with Gasteiger partial charge in [0.2, 0.25) is 0 Å². The molecule has 1 fully saturated rings. The highest BCUT2D eigenvalue weighted by molar-refractivity contribution is 9.10. The largest absolute Gasteiger partial charge is 0.416 e. The molecule has 0 saturated heterocycles. The fourth-order valence-electron chi connectivity index (χ4n) is 4.63. The van der Waals surface area contributed by atoms with Crippen LogP contribution in [0.5, 0.6) is 0 Å². The van der Waals surface area contributed by atoms with Crippen LogP contribution in [-0.2, 0) is 21.6 Å². The van der Waals surface area contributed by atoms with Crippen molar-refractivity contribution in [2.75, 3.05) is 20.0 Å². The first-order chi connectivity index (χ1) is 18.2. The van der Waals surface area contributed by atoms with Gasteiger partial charge in [-0.1, -0.05) is 72.2 Å². The molecule has 1 amide bonds. The molecule has 1 aromatic carbocycles. The van der Waals surface area contributed by atoms with E-state index in [0.717, 1.165) is 11.4 Å². The Morgan fingerprint density at radius 3 is 2.67 bits per heavy atom. The number of hydrogen-bond donors (Lipinski definition) is 1. The number of alkyl halides is 1. The number of carbonyl (C=O) groups is 1. The van der Waals surface area contributed by atoms with Crippen molar-refractivity contribution >= 4 is 60.5 Å². The van der Waals surface area contributed by atoms with E-state index >= 15 is 8.78 Å². The molecule has 8 nitrogen and oxygen atoms in total. The van der Waals surface area contributed by atoms with Crippen molar-refractivity contribution in [1.82, 2.24) is 20.3 Å². The normalized spacial score (nSPS) is 24.6. The average Bonchev–Trinajstić information content (AvgIpc) is 3.34. The van der Waals surface area contributed by atoms with Gasteiger partial charge in [-0.25, -0.2) is 18.6 Å². The summed E-state index contributed by atoms with van der Waals surface area (Å²) < 4.78 is 43.1. The number of aliphatic imine (C=N–C) groups is 1. The van der Waals surface area contributed by atoms with E-state index in [9.17, 15) is 4.79 Å². The van der Waals surface area contributed by atoms with E-state index in [1.165, 1.54) is 17.8 Å². The van der Waals surface area contributed by atoms with Gasteiger partial charge in [0.25, 0.3) is 5.23 Å². The minimum atomic E-state index is -1.68. The van der Waals surface area contributed by atoms with Crippen molar-refractivity contribution in [3.63, 3.8) is 0 Å². The van der Waals surface area contributed by atoms with Crippen molar-refractivity contribution < 1.29 is 23.0 Å². The zero-order valence-corrected chi connectivity index (χ0v) is 27.6. The Hall–Kier alpha value is -1.62. The van der Waals surface area contributed by atoms with Crippen molar-refractivity contribution in [3.8, 4) is 0 Å². The lowest BCUT2D eigenvalue weighted by Gasteiger charge is -2.35. The maximum atomic E-state index is 15.2. The lowest BCUT2D eigenvalue weighted by atomic mass is 9.85. The number of benzene rings is 1. The Morgan fingerprint density at radius 2 is 2.03 bits per heavy atom. The van der Waals surface area contributed by atoms with E-state index in [2.05, 4.69) is 75.8 Å². The van der Waals surface area contributed by atoms with E-state index in [-0.39, 0.29) is 23.4 Å². The van der Waals surface area contributed by atoms with Crippen molar-refractivity contribution in [1.29, 1.82) is 0 Å². The number of nitrogens with zero attached hydrogens (tertiary/aromatic N) is 4. The summed E-state index contributed by atoms with van der Waals surface area (Å²) in [4.78, 5) is 17.2. The molecule has 3 atom stereocenters. The molecule has 4 rings (SSSR count). The maximum Gasteiger partial charge on any atom is 0.416 e. The third-order valence-electron chi connectivity index (χ3n) is 7.01. The van der Waals surface area contributed by atoms with Crippen LogP contribution in [0.1, 0.15) is 12.0 Å². The number of aromatic nitrogens is 3. The van der Waals surface area contributed by atoms with Crippen molar-refractivity contribution in [3.05, 3.63) is 40.2 Å². The van der Waals surface area contributed by atoms with Crippen LogP contribution in [0, 0.1) is 11.7 Å². The van der Waals surface area contributed by atoms with E-state index < -0.39 is 45.0 Å². The summed E-state index contributed by atoms with van der Waals surface area (Å²) in [6.45, 7) is 13.3. The molecule has 214 valence electrons. The van der Waals surface area contributed by atoms with E-state index in [1.54, 1.807) is 16.8 Å². The number of ether oxygens (including phenoxy) is 2. The van der Waals surface area contributed by atoms with Gasteiger partial charge in [-0.2, -0.15) is 0 Å². The first-order valence-electron chi connectivity index (χ1n) is 12.9. The number of amides is 1. The number of alkyl carbamates (subject to hydrolysis) is 1. The highest BCUT2D eigenvalue weighted by Gasteiger charge is 2.69. The van der Waals surface area contributed by atoms with Gasteiger partial charge < -0.3 is 9.47 Å². The Kier molecular flexibility index (Phi) is 8.82. The molecule has 1 saturated carbocycles. The van der Waals surface area contributed by atoms with E-state index in [4.69, 9.17) is 9.47 Å². The molecule has 0 radical (unpaired) electrons. The summed E-state index contributed by atoms with van der Waals surface area (Å²) in [5, 5.41) is 12.2. The predicted octanol–water partition coefficient (Wildman–Crippen LogP) is 5.49. The summed E-state index contributed by atoms with van der Waals surface area (Å²) in [6, 6.07) is 5.38. The van der Waals surface area contributed by atoms with Crippen LogP contribution in [0.3, 0.4) is 0 Å². The Bertz CT molecular complexity index is 1260. The fourth-order valence-corrected chi connectivity index (χ4v) is 8.09. The minimum Gasteiger partial charge on any atom is -0.385 e. The lowest BCUT2D eigenvalue weighted by molar-refractivity contribution is 0.120. The van der Waals surface area contributed by atoms with Gasteiger partial charge >= 0.3 is 6.09 Å². The Balaban J connectivity index is 1.57. The molecular weight excluding hydrogens is 624 g/mol. The molecule has 39 heavy (non-hydrogen) atoms. The second-order valence-corrected chi connectivity index (χ2v) is 25.4. The topological polar surface area (TPSA) is 90.6 Å². The Morgan fingerprint density at radius 1 is 1.28 bits per heavy atom. The maximum absolute atomic E-state index is 15.2. The molecule has 0 spiro atoms. The van der Waals surface area contributed by atoms with Crippen LogP contribution in [0.2, 0.25) is 45.3 Å². The number of halogens is 3. The summed E-state index contributed by atoms with van der Waals surface area (Å²) in [5.74, 6) is -0.891. The SMILES string of the molecule is C[Si](C)(C)CCOCNC(=O)OC1=N[C@](CF)(c2cc(Br)ccc2F)[C@@H]2C[C@]2(Cn2cc([Si](C)(C)C)nn2)S1. The highest BCUT2D eigenvalue weighted by Crippen LogP contribution is 2.67. The monoisotopic (exact) mass is 659 g/mol. The van der Waals surface area contributed by atoms with Crippen LogP contribution in [0.4, 0.5) is 13.6 Å². The van der Waals surface area contributed by atoms with Gasteiger partial charge in [0.05, 0.1) is 16.6 Å². The van der Waals surface area contributed by atoms with E-state index in [0.29, 0.717) is 24.0 Å². The zero-order chi connectivity index (χ0) is 28.6. The molecule has 2 aromatic rings. The predicted molar refractivity (Wildman–Crippen MR) is 159 cm³/mol.